The maximum atomic E-state index is 12.1. The Bertz CT molecular complexity index is 550. The molecule has 0 aromatic carbocycles. The molecule has 0 N–H and O–H groups in total. The summed E-state index contributed by atoms with van der Waals surface area (Å²) in [5, 5.41) is 0. The van der Waals surface area contributed by atoms with Crippen molar-refractivity contribution in [1.29, 1.82) is 0 Å². The summed E-state index contributed by atoms with van der Waals surface area (Å²) in [6.07, 6.45) is 0. The monoisotopic (exact) mass is 319 g/mol. The molecule has 0 saturated carbocycles. The zero-order valence-corrected chi connectivity index (χ0v) is 15.2. The number of nitrogens with zero attached hydrogens (tertiary/aromatic N) is 5. The second-order valence-electron chi connectivity index (χ2n) is 6.81. The number of piperazine rings is 1. The first-order valence-corrected chi connectivity index (χ1v) is 8.35. The number of amides is 1. The van der Waals surface area contributed by atoms with Crippen molar-refractivity contribution in [3.05, 3.63) is 17.6 Å². The van der Waals surface area contributed by atoms with E-state index in [0.717, 1.165) is 43.5 Å². The second kappa shape index (κ2) is 7.25. The molecular formula is C17H29N5O. The normalized spacial score (nSPS) is 17.4. The van der Waals surface area contributed by atoms with Crippen LogP contribution in [0, 0.1) is 6.92 Å². The van der Waals surface area contributed by atoms with E-state index < -0.39 is 0 Å². The molecule has 128 valence electrons. The van der Waals surface area contributed by atoms with Crippen molar-refractivity contribution >= 4 is 11.7 Å². The molecule has 1 aliphatic heterocycles. The highest BCUT2D eigenvalue weighted by Gasteiger charge is 2.27. The number of carbonyl (C=O) groups is 1. The first kappa shape index (κ1) is 17.7. The highest BCUT2D eigenvalue weighted by molar-refractivity contribution is 5.81. The summed E-state index contributed by atoms with van der Waals surface area (Å²) in [4.78, 5) is 27.5. The second-order valence-corrected chi connectivity index (χ2v) is 6.81. The average Bonchev–Trinajstić information content (AvgIpc) is 2.52. The minimum absolute atomic E-state index is 0.0643. The van der Waals surface area contributed by atoms with Crippen LogP contribution >= 0.6 is 0 Å². The van der Waals surface area contributed by atoms with Crippen molar-refractivity contribution in [2.45, 2.75) is 39.7 Å². The maximum Gasteiger partial charge on any atom is 0.239 e. The molecule has 1 amide bonds. The van der Waals surface area contributed by atoms with Crippen molar-refractivity contribution in [2.24, 2.45) is 0 Å². The number of rotatable bonds is 4. The number of aromatic nitrogens is 2. The van der Waals surface area contributed by atoms with Gasteiger partial charge in [0, 0.05) is 58.0 Å². The van der Waals surface area contributed by atoms with Gasteiger partial charge in [-0.3, -0.25) is 9.69 Å². The van der Waals surface area contributed by atoms with Gasteiger partial charge >= 0.3 is 0 Å². The predicted molar refractivity (Wildman–Crippen MR) is 92.8 cm³/mol. The maximum absolute atomic E-state index is 12.1. The third kappa shape index (κ3) is 4.19. The molecule has 1 atom stereocenters. The molecule has 1 fully saturated rings. The fourth-order valence-corrected chi connectivity index (χ4v) is 2.86. The van der Waals surface area contributed by atoms with Gasteiger partial charge in [-0.15, -0.1) is 0 Å². The standard InChI is InChI=1S/C17H29N5O/c1-12(2)16-18-13(3)11-15(19-16)22-9-7-21(8-10-22)14(4)17(23)20(5)6/h11-12,14H,7-10H2,1-6H3. The summed E-state index contributed by atoms with van der Waals surface area (Å²) < 4.78 is 0. The van der Waals surface area contributed by atoms with E-state index in [9.17, 15) is 4.79 Å². The Morgan fingerprint density at radius 1 is 1.13 bits per heavy atom. The molecule has 0 radical (unpaired) electrons. The number of anilines is 1. The summed E-state index contributed by atoms with van der Waals surface area (Å²) in [5.74, 6) is 2.40. The first-order valence-electron chi connectivity index (χ1n) is 8.35. The van der Waals surface area contributed by atoms with Gasteiger partial charge in [0.1, 0.15) is 11.6 Å². The summed E-state index contributed by atoms with van der Waals surface area (Å²) in [6, 6.07) is 1.99. The zero-order chi connectivity index (χ0) is 17.1. The van der Waals surface area contributed by atoms with Gasteiger partial charge in [-0.2, -0.15) is 0 Å². The molecule has 6 nitrogen and oxygen atoms in total. The van der Waals surface area contributed by atoms with Crippen LogP contribution in [0.2, 0.25) is 0 Å². The van der Waals surface area contributed by atoms with E-state index in [1.165, 1.54) is 0 Å². The molecule has 0 bridgehead atoms. The lowest BCUT2D eigenvalue weighted by molar-refractivity contribution is -0.133. The van der Waals surface area contributed by atoms with E-state index in [4.69, 9.17) is 4.98 Å². The fourth-order valence-electron chi connectivity index (χ4n) is 2.86. The zero-order valence-electron chi connectivity index (χ0n) is 15.2. The Labute approximate surface area is 139 Å². The van der Waals surface area contributed by atoms with E-state index in [1.54, 1.807) is 4.90 Å². The molecule has 1 aromatic rings. The summed E-state index contributed by atoms with van der Waals surface area (Å²) in [6.45, 7) is 11.8. The highest BCUT2D eigenvalue weighted by atomic mass is 16.2. The Kier molecular flexibility index (Phi) is 5.57. The minimum atomic E-state index is -0.0643. The number of hydrogen-bond acceptors (Lipinski definition) is 5. The number of likely N-dealkylation sites (N-methyl/N-ethyl adjacent to an activating group) is 1. The van der Waals surface area contributed by atoms with Crippen LogP contribution in [0.3, 0.4) is 0 Å². The Balaban J connectivity index is 2.03. The average molecular weight is 319 g/mol. The molecule has 1 aromatic heterocycles. The fraction of sp³-hybridized carbons (Fsp3) is 0.706. The van der Waals surface area contributed by atoms with E-state index >= 15 is 0 Å². The van der Waals surface area contributed by atoms with Crippen LogP contribution in [0.4, 0.5) is 5.82 Å². The van der Waals surface area contributed by atoms with Gasteiger partial charge in [-0.1, -0.05) is 13.8 Å². The molecule has 0 aliphatic carbocycles. The van der Waals surface area contributed by atoms with Crippen LogP contribution in [-0.2, 0) is 4.79 Å². The molecule has 1 unspecified atom stereocenters. The number of carbonyl (C=O) groups excluding carboxylic acids is 1. The lowest BCUT2D eigenvalue weighted by Gasteiger charge is -2.38. The van der Waals surface area contributed by atoms with Gasteiger partial charge in [0.25, 0.3) is 0 Å². The number of hydrogen-bond donors (Lipinski definition) is 0. The van der Waals surface area contributed by atoms with Gasteiger partial charge in [0.2, 0.25) is 5.91 Å². The molecule has 0 spiro atoms. The van der Waals surface area contributed by atoms with Gasteiger partial charge < -0.3 is 9.80 Å². The van der Waals surface area contributed by atoms with Crippen molar-refractivity contribution in [1.82, 2.24) is 19.8 Å². The SMILES string of the molecule is Cc1cc(N2CCN(C(C)C(=O)N(C)C)CC2)nc(C(C)C)n1. The topological polar surface area (TPSA) is 52.6 Å². The quantitative estimate of drug-likeness (QED) is 0.842. The van der Waals surface area contributed by atoms with E-state index in [1.807, 2.05) is 27.9 Å². The Hall–Kier alpha value is -1.69. The van der Waals surface area contributed by atoms with E-state index in [2.05, 4.69) is 34.7 Å². The summed E-state index contributed by atoms with van der Waals surface area (Å²) in [7, 11) is 3.62. The van der Waals surface area contributed by atoms with Gasteiger partial charge in [-0.25, -0.2) is 9.97 Å². The van der Waals surface area contributed by atoms with Crippen molar-refractivity contribution in [3.8, 4) is 0 Å². The molecule has 1 aliphatic rings. The first-order chi connectivity index (χ1) is 10.8. The predicted octanol–water partition coefficient (Wildman–Crippen LogP) is 1.51. The van der Waals surface area contributed by atoms with Gasteiger partial charge in [-0.05, 0) is 13.8 Å². The van der Waals surface area contributed by atoms with Crippen LogP contribution in [0.15, 0.2) is 6.07 Å². The van der Waals surface area contributed by atoms with Crippen molar-refractivity contribution in [2.75, 3.05) is 45.2 Å². The summed E-state index contributed by atoms with van der Waals surface area (Å²) >= 11 is 0. The largest absolute Gasteiger partial charge is 0.354 e. The summed E-state index contributed by atoms with van der Waals surface area (Å²) in [5.41, 5.74) is 1.01. The molecule has 2 heterocycles. The van der Waals surface area contributed by atoms with Crippen LogP contribution in [-0.4, -0.2) is 72.0 Å². The van der Waals surface area contributed by atoms with Crippen LogP contribution in [0.25, 0.3) is 0 Å². The van der Waals surface area contributed by atoms with Crippen LogP contribution in [0.1, 0.15) is 38.2 Å². The lowest BCUT2D eigenvalue weighted by atomic mass is 10.2. The molecule has 23 heavy (non-hydrogen) atoms. The van der Waals surface area contributed by atoms with Gasteiger partial charge in [0.15, 0.2) is 0 Å². The van der Waals surface area contributed by atoms with E-state index in [-0.39, 0.29) is 11.9 Å². The van der Waals surface area contributed by atoms with Crippen molar-refractivity contribution in [3.63, 3.8) is 0 Å². The Morgan fingerprint density at radius 2 is 1.74 bits per heavy atom. The van der Waals surface area contributed by atoms with Crippen molar-refractivity contribution < 1.29 is 4.79 Å². The smallest absolute Gasteiger partial charge is 0.239 e. The highest BCUT2D eigenvalue weighted by Crippen LogP contribution is 2.19. The minimum Gasteiger partial charge on any atom is -0.354 e. The third-order valence-corrected chi connectivity index (χ3v) is 4.36. The number of aryl methyl sites for hydroxylation is 1. The Morgan fingerprint density at radius 3 is 2.26 bits per heavy atom. The van der Waals surface area contributed by atoms with Crippen LogP contribution in [0.5, 0.6) is 0 Å². The molecular weight excluding hydrogens is 290 g/mol. The molecule has 1 saturated heterocycles. The molecule has 2 rings (SSSR count). The lowest BCUT2D eigenvalue weighted by Crippen LogP contribution is -2.53. The van der Waals surface area contributed by atoms with Gasteiger partial charge in [0.05, 0.1) is 6.04 Å². The van der Waals surface area contributed by atoms with E-state index in [0.29, 0.717) is 5.92 Å². The van der Waals surface area contributed by atoms with Crippen LogP contribution < -0.4 is 4.90 Å². The molecule has 6 heteroatoms. The third-order valence-electron chi connectivity index (χ3n) is 4.36.